The molecule has 0 fully saturated rings. The van der Waals surface area contributed by atoms with Crippen molar-refractivity contribution in [1.82, 2.24) is 9.97 Å². The number of carbonyl (C=O) groups is 1. The molecule has 0 saturated heterocycles. The molecule has 2 heterocycles. The van der Waals surface area contributed by atoms with Crippen molar-refractivity contribution in [1.29, 1.82) is 0 Å². The molecule has 0 aliphatic carbocycles. The summed E-state index contributed by atoms with van der Waals surface area (Å²) in [6.07, 6.45) is 4.54. The number of thiazole rings is 1. The molecule has 0 aliphatic heterocycles. The van der Waals surface area contributed by atoms with E-state index in [1.165, 1.54) is 11.3 Å². The maximum absolute atomic E-state index is 12.3. The SMILES string of the molecule is CCCNc1cc(C(=O)Nc2nccs2)cc(CCC)n1. The van der Waals surface area contributed by atoms with Gasteiger partial charge in [0.2, 0.25) is 0 Å². The van der Waals surface area contributed by atoms with Crippen LogP contribution in [0.15, 0.2) is 23.7 Å². The number of amides is 1. The van der Waals surface area contributed by atoms with E-state index in [9.17, 15) is 4.79 Å². The largest absolute Gasteiger partial charge is 0.370 e. The van der Waals surface area contributed by atoms with Crippen molar-refractivity contribution >= 4 is 28.2 Å². The van der Waals surface area contributed by atoms with Gasteiger partial charge in [-0.15, -0.1) is 11.3 Å². The fourth-order valence-electron chi connectivity index (χ4n) is 1.90. The first-order valence-corrected chi connectivity index (χ1v) is 8.06. The van der Waals surface area contributed by atoms with Gasteiger partial charge in [-0.1, -0.05) is 20.3 Å². The van der Waals surface area contributed by atoms with E-state index in [1.807, 2.05) is 11.4 Å². The average molecular weight is 304 g/mol. The predicted molar refractivity (Wildman–Crippen MR) is 87.1 cm³/mol. The first-order valence-electron chi connectivity index (χ1n) is 7.18. The molecular weight excluding hydrogens is 284 g/mol. The fourth-order valence-corrected chi connectivity index (χ4v) is 2.43. The van der Waals surface area contributed by atoms with Crippen molar-refractivity contribution < 1.29 is 4.79 Å². The number of nitrogens with one attached hydrogen (secondary N) is 2. The van der Waals surface area contributed by atoms with Crippen LogP contribution in [0.25, 0.3) is 0 Å². The Kier molecular flexibility index (Phi) is 5.68. The van der Waals surface area contributed by atoms with E-state index in [0.717, 1.165) is 37.3 Å². The lowest BCUT2D eigenvalue weighted by atomic mass is 10.1. The summed E-state index contributed by atoms with van der Waals surface area (Å²) in [6, 6.07) is 3.64. The van der Waals surface area contributed by atoms with Crippen LogP contribution in [-0.2, 0) is 6.42 Å². The minimum absolute atomic E-state index is 0.149. The van der Waals surface area contributed by atoms with Crippen molar-refractivity contribution in [2.75, 3.05) is 17.2 Å². The van der Waals surface area contributed by atoms with E-state index in [4.69, 9.17) is 0 Å². The van der Waals surface area contributed by atoms with Crippen LogP contribution in [0.5, 0.6) is 0 Å². The summed E-state index contributed by atoms with van der Waals surface area (Å²) >= 11 is 1.40. The Hall–Kier alpha value is -1.95. The van der Waals surface area contributed by atoms with Gasteiger partial charge in [0.1, 0.15) is 5.82 Å². The van der Waals surface area contributed by atoms with Crippen LogP contribution in [0.4, 0.5) is 10.9 Å². The Morgan fingerprint density at radius 3 is 2.81 bits per heavy atom. The van der Waals surface area contributed by atoms with E-state index in [-0.39, 0.29) is 5.91 Å². The minimum Gasteiger partial charge on any atom is -0.370 e. The molecule has 0 unspecified atom stereocenters. The molecule has 0 aromatic carbocycles. The highest BCUT2D eigenvalue weighted by Crippen LogP contribution is 2.16. The Balaban J connectivity index is 2.19. The van der Waals surface area contributed by atoms with E-state index >= 15 is 0 Å². The number of pyridine rings is 1. The molecule has 0 spiro atoms. The number of carbonyl (C=O) groups excluding carboxylic acids is 1. The second kappa shape index (κ2) is 7.73. The number of aryl methyl sites for hydroxylation is 1. The first kappa shape index (κ1) is 15.4. The monoisotopic (exact) mass is 304 g/mol. The van der Waals surface area contributed by atoms with E-state index in [1.54, 1.807) is 12.3 Å². The van der Waals surface area contributed by atoms with Gasteiger partial charge in [-0.3, -0.25) is 10.1 Å². The second-order valence-corrected chi connectivity index (χ2v) is 5.60. The normalized spacial score (nSPS) is 10.4. The molecule has 0 bridgehead atoms. The van der Waals surface area contributed by atoms with Crippen LogP contribution >= 0.6 is 11.3 Å². The van der Waals surface area contributed by atoms with E-state index in [2.05, 4.69) is 34.4 Å². The highest BCUT2D eigenvalue weighted by atomic mass is 32.1. The van der Waals surface area contributed by atoms with Gasteiger partial charge in [-0.2, -0.15) is 0 Å². The molecule has 2 aromatic heterocycles. The zero-order valence-electron chi connectivity index (χ0n) is 12.3. The van der Waals surface area contributed by atoms with Gasteiger partial charge in [0.05, 0.1) is 0 Å². The lowest BCUT2D eigenvalue weighted by molar-refractivity contribution is 0.102. The lowest BCUT2D eigenvalue weighted by Crippen LogP contribution is -2.14. The third kappa shape index (κ3) is 4.53. The number of hydrogen-bond acceptors (Lipinski definition) is 5. The Bertz CT molecular complexity index is 583. The van der Waals surface area contributed by atoms with Crippen LogP contribution in [0.2, 0.25) is 0 Å². The third-order valence-electron chi connectivity index (χ3n) is 2.86. The zero-order valence-corrected chi connectivity index (χ0v) is 13.2. The van der Waals surface area contributed by atoms with Gasteiger partial charge in [0.15, 0.2) is 5.13 Å². The number of rotatable bonds is 7. The number of hydrogen-bond donors (Lipinski definition) is 2. The van der Waals surface area contributed by atoms with Crippen molar-refractivity contribution in [2.45, 2.75) is 33.1 Å². The van der Waals surface area contributed by atoms with Crippen LogP contribution in [0.1, 0.15) is 42.7 Å². The minimum atomic E-state index is -0.149. The molecule has 0 radical (unpaired) electrons. The van der Waals surface area contributed by atoms with Gasteiger partial charge in [-0.25, -0.2) is 9.97 Å². The Labute approximate surface area is 128 Å². The van der Waals surface area contributed by atoms with Gasteiger partial charge in [0, 0.05) is 29.4 Å². The molecule has 2 aromatic rings. The molecule has 0 aliphatic rings. The molecule has 2 rings (SSSR count). The van der Waals surface area contributed by atoms with Crippen molar-refractivity contribution in [3.8, 4) is 0 Å². The average Bonchev–Trinajstić information content (AvgIpc) is 2.98. The highest BCUT2D eigenvalue weighted by molar-refractivity contribution is 7.13. The molecule has 0 saturated carbocycles. The molecule has 21 heavy (non-hydrogen) atoms. The van der Waals surface area contributed by atoms with Crippen LogP contribution < -0.4 is 10.6 Å². The van der Waals surface area contributed by atoms with Gasteiger partial charge in [0.25, 0.3) is 5.91 Å². The summed E-state index contributed by atoms with van der Waals surface area (Å²) in [5.41, 5.74) is 1.55. The molecule has 112 valence electrons. The van der Waals surface area contributed by atoms with Crippen LogP contribution in [-0.4, -0.2) is 22.4 Å². The van der Waals surface area contributed by atoms with Crippen molar-refractivity contribution in [3.05, 3.63) is 35.0 Å². The number of nitrogens with zero attached hydrogens (tertiary/aromatic N) is 2. The quantitative estimate of drug-likeness (QED) is 0.820. The van der Waals surface area contributed by atoms with Crippen LogP contribution in [0.3, 0.4) is 0 Å². The fraction of sp³-hybridized carbons (Fsp3) is 0.400. The number of aromatic nitrogens is 2. The lowest BCUT2D eigenvalue weighted by Gasteiger charge is -2.09. The predicted octanol–water partition coefficient (Wildman–Crippen LogP) is 3.56. The summed E-state index contributed by atoms with van der Waals surface area (Å²) < 4.78 is 0. The highest BCUT2D eigenvalue weighted by Gasteiger charge is 2.11. The zero-order chi connectivity index (χ0) is 15.1. The molecule has 1 amide bonds. The summed E-state index contributed by atoms with van der Waals surface area (Å²) in [7, 11) is 0. The summed E-state index contributed by atoms with van der Waals surface area (Å²) in [5, 5.41) is 8.49. The first-order chi connectivity index (χ1) is 10.2. The Morgan fingerprint density at radius 2 is 2.14 bits per heavy atom. The van der Waals surface area contributed by atoms with E-state index in [0.29, 0.717) is 10.7 Å². The molecule has 5 nitrogen and oxygen atoms in total. The molecular formula is C15H20N4OS. The number of anilines is 2. The molecule has 0 atom stereocenters. The standard InChI is InChI=1S/C15H20N4OS/c1-3-5-12-9-11(10-13(18-12)16-6-4-2)14(20)19-15-17-7-8-21-15/h7-10H,3-6H2,1-2H3,(H,16,18)(H,17,19,20). The van der Waals surface area contributed by atoms with Gasteiger partial charge in [-0.05, 0) is 25.0 Å². The van der Waals surface area contributed by atoms with Crippen molar-refractivity contribution in [2.24, 2.45) is 0 Å². The Morgan fingerprint density at radius 1 is 1.29 bits per heavy atom. The topological polar surface area (TPSA) is 66.9 Å². The van der Waals surface area contributed by atoms with Crippen LogP contribution in [0, 0.1) is 0 Å². The summed E-state index contributed by atoms with van der Waals surface area (Å²) in [6.45, 7) is 5.04. The van der Waals surface area contributed by atoms with Crippen molar-refractivity contribution in [3.63, 3.8) is 0 Å². The second-order valence-electron chi connectivity index (χ2n) is 4.70. The molecule has 6 heteroatoms. The maximum atomic E-state index is 12.3. The smallest absolute Gasteiger partial charge is 0.257 e. The molecule has 2 N–H and O–H groups in total. The summed E-state index contributed by atoms with van der Waals surface area (Å²) in [5.74, 6) is 0.608. The maximum Gasteiger partial charge on any atom is 0.257 e. The summed E-state index contributed by atoms with van der Waals surface area (Å²) in [4.78, 5) is 20.9. The van der Waals surface area contributed by atoms with Gasteiger partial charge < -0.3 is 5.32 Å². The van der Waals surface area contributed by atoms with E-state index < -0.39 is 0 Å². The third-order valence-corrected chi connectivity index (χ3v) is 3.54. The van der Waals surface area contributed by atoms with Gasteiger partial charge >= 0.3 is 0 Å².